The lowest BCUT2D eigenvalue weighted by molar-refractivity contribution is 0.0688. The minimum atomic E-state index is -1.13. The third-order valence-corrected chi connectivity index (χ3v) is 4.41. The molecule has 1 aliphatic carbocycles. The summed E-state index contributed by atoms with van der Waals surface area (Å²) in [5.41, 5.74) is 0.0597. The van der Waals surface area contributed by atoms with E-state index in [1.54, 1.807) is 7.05 Å². The molecule has 0 saturated heterocycles. The molecule has 0 aromatic carbocycles. The number of aromatic nitrogens is 2. The van der Waals surface area contributed by atoms with Crippen LogP contribution in [0.15, 0.2) is 6.20 Å². The van der Waals surface area contributed by atoms with E-state index < -0.39 is 5.97 Å². The summed E-state index contributed by atoms with van der Waals surface area (Å²) in [4.78, 5) is 23.5. The Morgan fingerprint density at radius 1 is 1.40 bits per heavy atom. The van der Waals surface area contributed by atoms with Crippen LogP contribution in [-0.2, 0) is 7.05 Å². The average molecular weight is 279 g/mol. The van der Waals surface area contributed by atoms with Crippen LogP contribution in [0.3, 0.4) is 0 Å². The Labute approximate surface area is 118 Å². The van der Waals surface area contributed by atoms with Crippen LogP contribution in [0.1, 0.15) is 54.0 Å². The molecule has 3 atom stereocenters. The minimum absolute atomic E-state index is 0.0542. The van der Waals surface area contributed by atoms with Crippen LogP contribution >= 0.6 is 0 Å². The molecule has 0 unspecified atom stereocenters. The van der Waals surface area contributed by atoms with Crippen LogP contribution < -0.4 is 5.32 Å². The summed E-state index contributed by atoms with van der Waals surface area (Å²) >= 11 is 0. The lowest BCUT2D eigenvalue weighted by atomic mass is 9.78. The highest BCUT2D eigenvalue weighted by Gasteiger charge is 2.30. The third-order valence-electron chi connectivity index (χ3n) is 4.41. The zero-order chi connectivity index (χ0) is 14.9. The van der Waals surface area contributed by atoms with Gasteiger partial charge in [-0.15, -0.1) is 0 Å². The van der Waals surface area contributed by atoms with Gasteiger partial charge in [-0.25, -0.2) is 4.79 Å². The number of aromatic carboxylic acids is 1. The molecule has 1 aromatic rings. The second-order valence-electron chi connectivity index (χ2n) is 5.68. The molecule has 1 aromatic heterocycles. The molecular weight excluding hydrogens is 258 g/mol. The van der Waals surface area contributed by atoms with Crippen molar-refractivity contribution in [2.75, 3.05) is 0 Å². The predicted molar refractivity (Wildman–Crippen MR) is 73.6 cm³/mol. The Bertz CT molecular complexity index is 524. The van der Waals surface area contributed by atoms with Gasteiger partial charge in [0.15, 0.2) is 0 Å². The summed E-state index contributed by atoms with van der Waals surface area (Å²) in [6.45, 7) is 4.33. The number of hydrogen-bond acceptors (Lipinski definition) is 3. The zero-order valence-corrected chi connectivity index (χ0v) is 12.1. The Kier molecular flexibility index (Phi) is 4.11. The Hall–Kier alpha value is -1.85. The molecular formula is C14H21N3O3. The first kappa shape index (κ1) is 14.6. The van der Waals surface area contributed by atoms with Crippen LogP contribution in [0.5, 0.6) is 0 Å². The summed E-state index contributed by atoms with van der Waals surface area (Å²) in [5.74, 6) is -0.518. The van der Waals surface area contributed by atoms with Gasteiger partial charge < -0.3 is 10.4 Å². The summed E-state index contributed by atoms with van der Waals surface area (Å²) in [7, 11) is 1.58. The predicted octanol–water partition coefficient (Wildman–Crippen LogP) is 1.67. The number of aryl methyl sites for hydroxylation is 1. The van der Waals surface area contributed by atoms with E-state index in [0.29, 0.717) is 11.8 Å². The molecule has 0 bridgehead atoms. The highest BCUT2D eigenvalue weighted by Crippen LogP contribution is 2.29. The maximum Gasteiger partial charge on any atom is 0.339 e. The zero-order valence-electron chi connectivity index (χ0n) is 12.1. The van der Waals surface area contributed by atoms with Gasteiger partial charge in [0.2, 0.25) is 0 Å². The summed E-state index contributed by atoms with van der Waals surface area (Å²) < 4.78 is 1.32. The molecule has 0 radical (unpaired) electrons. The molecule has 110 valence electrons. The van der Waals surface area contributed by atoms with Crippen molar-refractivity contribution in [1.82, 2.24) is 15.1 Å². The number of carbonyl (C=O) groups is 2. The fourth-order valence-electron chi connectivity index (χ4n) is 2.89. The van der Waals surface area contributed by atoms with Gasteiger partial charge in [-0.3, -0.25) is 9.48 Å². The number of rotatable bonds is 3. The van der Waals surface area contributed by atoms with E-state index in [9.17, 15) is 9.59 Å². The second-order valence-corrected chi connectivity index (χ2v) is 5.68. The number of hydrogen-bond donors (Lipinski definition) is 2. The normalized spacial score (nSPS) is 26.2. The molecule has 2 N–H and O–H groups in total. The van der Waals surface area contributed by atoms with Crippen LogP contribution in [-0.4, -0.2) is 32.8 Å². The molecule has 0 aliphatic heterocycles. The van der Waals surface area contributed by atoms with Gasteiger partial charge in [0.05, 0.1) is 6.20 Å². The molecule has 6 nitrogen and oxygen atoms in total. The average Bonchev–Trinajstić information content (AvgIpc) is 2.77. The van der Waals surface area contributed by atoms with Gasteiger partial charge in [-0.05, 0) is 18.3 Å². The monoisotopic (exact) mass is 279 g/mol. The van der Waals surface area contributed by atoms with Gasteiger partial charge in [0, 0.05) is 13.1 Å². The lowest BCUT2D eigenvalue weighted by Crippen LogP contribution is -2.44. The largest absolute Gasteiger partial charge is 0.478 e. The number of nitrogens with zero attached hydrogens (tertiary/aromatic N) is 2. The van der Waals surface area contributed by atoms with Crippen molar-refractivity contribution in [2.45, 2.75) is 39.2 Å². The first-order valence-corrected chi connectivity index (χ1v) is 6.98. The third kappa shape index (κ3) is 2.69. The SMILES string of the molecule is C[C@H]1[C@@H](NC(=O)c2c(C(=O)O)cnn2C)CCC[C@@H]1C. The highest BCUT2D eigenvalue weighted by molar-refractivity contribution is 6.03. The highest BCUT2D eigenvalue weighted by atomic mass is 16.4. The van der Waals surface area contributed by atoms with E-state index in [1.165, 1.54) is 17.3 Å². The molecule has 1 aliphatic rings. The maximum absolute atomic E-state index is 12.3. The topological polar surface area (TPSA) is 84.2 Å². The molecule has 1 heterocycles. The van der Waals surface area contributed by atoms with Crippen molar-refractivity contribution in [2.24, 2.45) is 18.9 Å². The van der Waals surface area contributed by atoms with Gasteiger partial charge in [-0.1, -0.05) is 26.7 Å². The second kappa shape index (κ2) is 5.64. The summed E-state index contributed by atoms with van der Waals surface area (Å²) in [5, 5.41) is 15.9. The molecule has 6 heteroatoms. The Balaban J connectivity index is 2.16. The number of carboxylic acids is 1. The first-order chi connectivity index (χ1) is 9.41. The Morgan fingerprint density at radius 2 is 2.10 bits per heavy atom. The minimum Gasteiger partial charge on any atom is -0.478 e. The molecule has 2 rings (SSSR count). The fraction of sp³-hybridized carbons (Fsp3) is 0.643. The van der Waals surface area contributed by atoms with E-state index in [0.717, 1.165) is 12.8 Å². The Morgan fingerprint density at radius 3 is 2.75 bits per heavy atom. The number of nitrogens with one attached hydrogen (secondary N) is 1. The number of amides is 1. The van der Waals surface area contributed by atoms with E-state index in [-0.39, 0.29) is 23.2 Å². The molecule has 20 heavy (non-hydrogen) atoms. The van der Waals surface area contributed by atoms with Crippen molar-refractivity contribution in [3.63, 3.8) is 0 Å². The van der Waals surface area contributed by atoms with Crippen molar-refractivity contribution in [3.05, 3.63) is 17.5 Å². The quantitative estimate of drug-likeness (QED) is 0.881. The van der Waals surface area contributed by atoms with Crippen LogP contribution in [0.2, 0.25) is 0 Å². The van der Waals surface area contributed by atoms with E-state index in [4.69, 9.17) is 5.11 Å². The summed E-state index contributed by atoms with van der Waals surface area (Å²) in [6, 6.07) is 0.0998. The lowest BCUT2D eigenvalue weighted by Gasteiger charge is -2.34. The van der Waals surface area contributed by atoms with E-state index >= 15 is 0 Å². The van der Waals surface area contributed by atoms with Gasteiger partial charge >= 0.3 is 5.97 Å². The molecule has 0 spiro atoms. The van der Waals surface area contributed by atoms with Gasteiger partial charge in [0.25, 0.3) is 5.91 Å². The van der Waals surface area contributed by atoms with Gasteiger partial charge in [-0.2, -0.15) is 5.10 Å². The van der Waals surface area contributed by atoms with Crippen molar-refractivity contribution in [1.29, 1.82) is 0 Å². The number of carboxylic acid groups (broad SMARTS) is 1. The van der Waals surface area contributed by atoms with Crippen molar-refractivity contribution >= 4 is 11.9 Å². The van der Waals surface area contributed by atoms with E-state index in [1.807, 2.05) is 0 Å². The van der Waals surface area contributed by atoms with Crippen molar-refractivity contribution < 1.29 is 14.7 Å². The summed E-state index contributed by atoms with van der Waals surface area (Å²) in [6.07, 6.45) is 4.43. The van der Waals surface area contributed by atoms with Gasteiger partial charge in [0.1, 0.15) is 11.3 Å². The molecule has 1 fully saturated rings. The van der Waals surface area contributed by atoms with Crippen molar-refractivity contribution in [3.8, 4) is 0 Å². The van der Waals surface area contributed by atoms with Crippen LogP contribution in [0.4, 0.5) is 0 Å². The maximum atomic E-state index is 12.3. The standard InChI is InChI=1S/C14H21N3O3/c1-8-5-4-6-11(9(8)2)16-13(18)12-10(14(19)20)7-15-17(12)3/h7-9,11H,4-6H2,1-3H3,(H,16,18)(H,19,20)/t8-,9+,11-/m0/s1. The van der Waals surface area contributed by atoms with Crippen LogP contribution in [0.25, 0.3) is 0 Å². The smallest absolute Gasteiger partial charge is 0.339 e. The molecule has 1 amide bonds. The van der Waals surface area contributed by atoms with E-state index in [2.05, 4.69) is 24.3 Å². The first-order valence-electron chi connectivity index (χ1n) is 6.98. The fourth-order valence-corrected chi connectivity index (χ4v) is 2.89. The number of carbonyl (C=O) groups excluding carboxylic acids is 1. The molecule has 1 saturated carbocycles. The van der Waals surface area contributed by atoms with Crippen LogP contribution in [0, 0.1) is 11.8 Å².